The summed E-state index contributed by atoms with van der Waals surface area (Å²) in [6.07, 6.45) is 0. The van der Waals surface area contributed by atoms with Crippen LogP contribution in [0.4, 0.5) is 0 Å². The molecule has 0 bridgehead atoms. The number of benzene rings is 1. The van der Waals surface area contributed by atoms with Crippen molar-refractivity contribution in [2.75, 3.05) is 7.11 Å². The van der Waals surface area contributed by atoms with Crippen LogP contribution in [0.15, 0.2) is 12.1 Å². The SMILES string of the molecule is COc1c(C(C)(C)C)ccc([SiH](C)C)c1C(C)(C)C. The fourth-order valence-corrected chi connectivity index (χ4v) is 4.28. The summed E-state index contributed by atoms with van der Waals surface area (Å²) in [5.41, 5.74) is 2.98. The van der Waals surface area contributed by atoms with Crippen LogP contribution in [0.3, 0.4) is 0 Å². The lowest BCUT2D eigenvalue weighted by atomic mass is 9.79. The average Bonchev–Trinajstić information content (AvgIpc) is 2.24. The molecule has 0 amide bonds. The second-order valence-corrected chi connectivity index (χ2v) is 10.7. The van der Waals surface area contributed by atoms with E-state index >= 15 is 0 Å². The number of ether oxygens (including phenoxy) is 1. The molecule has 1 nitrogen and oxygen atoms in total. The van der Waals surface area contributed by atoms with Crippen LogP contribution < -0.4 is 9.92 Å². The van der Waals surface area contributed by atoms with E-state index in [9.17, 15) is 0 Å². The molecule has 0 saturated heterocycles. The topological polar surface area (TPSA) is 9.23 Å². The van der Waals surface area contributed by atoms with E-state index in [1.165, 1.54) is 16.3 Å². The van der Waals surface area contributed by atoms with Crippen molar-refractivity contribution in [2.45, 2.75) is 65.5 Å². The first-order valence-electron chi connectivity index (χ1n) is 7.22. The lowest BCUT2D eigenvalue weighted by molar-refractivity contribution is 0.382. The molecule has 1 aromatic rings. The van der Waals surface area contributed by atoms with E-state index in [-0.39, 0.29) is 10.8 Å². The van der Waals surface area contributed by atoms with Crippen LogP contribution in [-0.4, -0.2) is 15.9 Å². The highest BCUT2D eigenvalue weighted by molar-refractivity contribution is 6.71. The Morgan fingerprint density at radius 2 is 1.42 bits per heavy atom. The molecular weight excluding hydrogens is 248 g/mol. The predicted octanol–water partition coefficient (Wildman–Crippen LogP) is 3.98. The average molecular weight is 279 g/mol. The Morgan fingerprint density at radius 1 is 0.895 bits per heavy atom. The van der Waals surface area contributed by atoms with Crippen molar-refractivity contribution in [2.24, 2.45) is 0 Å². The Bertz CT molecular complexity index is 448. The minimum atomic E-state index is -0.865. The van der Waals surface area contributed by atoms with Crippen molar-refractivity contribution in [3.05, 3.63) is 23.3 Å². The molecule has 0 aliphatic carbocycles. The van der Waals surface area contributed by atoms with E-state index < -0.39 is 8.80 Å². The number of hydrogen-bond acceptors (Lipinski definition) is 1. The van der Waals surface area contributed by atoms with Gasteiger partial charge < -0.3 is 4.74 Å². The van der Waals surface area contributed by atoms with Gasteiger partial charge in [-0.2, -0.15) is 0 Å². The minimum Gasteiger partial charge on any atom is -0.496 e. The lowest BCUT2D eigenvalue weighted by Gasteiger charge is -2.32. The van der Waals surface area contributed by atoms with Crippen LogP contribution in [-0.2, 0) is 10.8 Å². The van der Waals surface area contributed by atoms with Crippen molar-refractivity contribution in [3.8, 4) is 5.75 Å². The number of rotatable bonds is 2. The Balaban J connectivity index is 3.70. The molecule has 0 spiro atoms. The van der Waals surface area contributed by atoms with E-state index in [2.05, 4.69) is 66.8 Å². The molecular formula is C17H30OSi. The molecule has 108 valence electrons. The molecule has 0 atom stereocenters. The monoisotopic (exact) mass is 278 g/mol. The van der Waals surface area contributed by atoms with Crippen LogP contribution in [0.5, 0.6) is 5.75 Å². The highest BCUT2D eigenvalue weighted by Crippen LogP contribution is 2.38. The molecule has 0 radical (unpaired) electrons. The zero-order valence-corrected chi connectivity index (χ0v) is 15.3. The fourth-order valence-electron chi connectivity index (χ4n) is 2.66. The Hall–Kier alpha value is -0.763. The smallest absolute Gasteiger partial charge is 0.126 e. The first-order valence-corrected chi connectivity index (χ1v) is 10.1. The molecule has 0 unspecified atom stereocenters. The van der Waals surface area contributed by atoms with Gasteiger partial charge in [-0.1, -0.05) is 72.0 Å². The van der Waals surface area contributed by atoms with Crippen LogP contribution in [0.1, 0.15) is 52.7 Å². The van der Waals surface area contributed by atoms with E-state index in [0.717, 1.165) is 5.75 Å². The van der Waals surface area contributed by atoms with Crippen LogP contribution in [0.2, 0.25) is 13.1 Å². The van der Waals surface area contributed by atoms with Crippen LogP contribution >= 0.6 is 0 Å². The molecule has 0 fully saturated rings. The summed E-state index contributed by atoms with van der Waals surface area (Å²) in [6.45, 7) is 18.4. The van der Waals surface area contributed by atoms with E-state index in [1.54, 1.807) is 0 Å². The van der Waals surface area contributed by atoms with Crippen molar-refractivity contribution in [1.29, 1.82) is 0 Å². The first-order chi connectivity index (χ1) is 8.50. The zero-order valence-electron chi connectivity index (χ0n) is 14.1. The summed E-state index contributed by atoms with van der Waals surface area (Å²) in [6, 6.07) is 4.62. The summed E-state index contributed by atoms with van der Waals surface area (Å²) in [4.78, 5) is 0. The zero-order chi connectivity index (χ0) is 15.0. The Kier molecular flexibility index (Phi) is 4.56. The number of methoxy groups -OCH3 is 1. The molecule has 0 aliphatic heterocycles. The molecule has 0 aromatic heterocycles. The van der Waals surface area contributed by atoms with Crippen molar-refractivity contribution in [1.82, 2.24) is 0 Å². The van der Waals surface area contributed by atoms with Gasteiger partial charge >= 0.3 is 0 Å². The third-order valence-corrected chi connectivity index (χ3v) is 5.30. The molecule has 1 rings (SSSR count). The fraction of sp³-hybridized carbons (Fsp3) is 0.647. The van der Waals surface area contributed by atoms with Crippen molar-refractivity contribution >= 4 is 14.0 Å². The van der Waals surface area contributed by atoms with Gasteiger partial charge in [0.25, 0.3) is 0 Å². The van der Waals surface area contributed by atoms with Gasteiger partial charge in [-0.3, -0.25) is 0 Å². The quantitative estimate of drug-likeness (QED) is 0.743. The summed E-state index contributed by atoms with van der Waals surface area (Å²) in [7, 11) is 0.946. The van der Waals surface area contributed by atoms with Gasteiger partial charge in [0.05, 0.1) is 15.9 Å². The van der Waals surface area contributed by atoms with E-state index in [4.69, 9.17) is 4.74 Å². The van der Waals surface area contributed by atoms with Gasteiger partial charge in [-0.25, -0.2) is 0 Å². The summed E-state index contributed by atoms with van der Waals surface area (Å²) in [5.74, 6) is 1.11. The Morgan fingerprint density at radius 3 is 1.74 bits per heavy atom. The molecule has 0 heterocycles. The summed E-state index contributed by atoms with van der Waals surface area (Å²) >= 11 is 0. The van der Waals surface area contributed by atoms with Crippen LogP contribution in [0.25, 0.3) is 0 Å². The minimum absolute atomic E-state index is 0.114. The third kappa shape index (κ3) is 3.41. The lowest BCUT2D eigenvalue weighted by Crippen LogP contribution is -2.34. The molecule has 0 N–H and O–H groups in total. The Labute approximate surface area is 121 Å². The maximum absolute atomic E-state index is 5.84. The van der Waals surface area contributed by atoms with Gasteiger partial charge in [-0.05, 0) is 22.0 Å². The maximum atomic E-state index is 5.84. The van der Waals surface area contributed by atoms with Crippen molar-refractivity contribution < 1.29 is 4.74 Å². The molecule has 0 aliphatic rings. The first kappa shape index (κ1) is 16.3. The molecule has 0 saturated carbocycles. The van der Waals surface area contributed by atoms with Crippen LogP contribution in [0, 0.1) is 0 Å². The largest absolute Gasteiger partial charge is 0.496 e. The number of hydrogen-bond donors (Lipinski definition) is 0. The summed E-state index contributed by atoms with van der Waals surface area (Å²) < 4.78 is 5.84. The molecule has 1 aromatic carbocycles. The second-order valence-electron chi connectivity index (χ2n) is 7.77. The second kappa shape index (κ2) is 5.32. The van der Waals surface area contributed by atoms with Gasteiger partial charge in [0.15, 0.2) is 0 Å². The van der Waals surface area contributed by atoms with Crippen molar-refractivity contribution in [3.63, 3.8) is 0 Å². The highest BCUT2D eigenvalue weighted by Gasteiger charge is 2.29. The standard InChI is InChI=1S/C17H30OSi/c1-16(2,3)12-10-11-13(19(8)9)14(15(12)18-7)17(4,5)6/h10-11,19H,1-9H3. The summed E-state index contributed by atoms with van der Waals surface area (Å²) in [5, 5.41) is 1.54. The molecule has 2 heteroatoms. The van der Waals surface area contributed by atoms with Gasteiger partial charge in [0.2, 0.25) is 0 Å². The van der Waals surface area contributed by atoms with Gasteiger partial charge in [0.1, 0.15) is 5.75 Å². The maximum Gasteiger partial charge on any atom is 0.126 e. The van der Waals surface area contributed by atoms with E-state index in [0.29, 0.717) is 0 Å². The third-order valence-electron chi connectivity index (χ3n) is 3.57. The normalized spacial score (nSPS) is 12.9. The predicted molar refractivity (Wildman–Crippen MR) is 88.9 cm³/mol. The van der Waals surface area contributed by atoms with Gasteiger partial charge in [0, 0.05) is 0 Å². The van der Waals surface area contributed by atoms with E-state index in [1.807, 2.05) is 7.11 Å². The molecule has 19 heavy (non-hydrogen) atoms. The van der Waals surface area contributed by atoms with Gasteiger partial charge in [-0.15, -0.1) is 0 Å². The highest BCUT2D eigenvalue weighted by atomic mass is 28.3.